The van der Waals surface area contributed by atoms with Crippen LogP contribution in [0.3, 0.4) is 0 Å². The summed E-state index contributed by atoms with van der Waals surface area (Å²) in [5, 5.41) is 17.0. The van der Waals surface area contributed by atoms with E-state index in [1.165, 1.54) is 35.6 Å². The zero-order valence-corrected chi connectivity index (χ0v) is 20.9. The summed E-state index contributed by atoms with van der Waals surface area (Å²) >= 11 is 13.3. The fraction of sp³-hybridized carbons (Fsp3) is 0.250. The maximum Gasteiger partial charge on any atom is 0.433 e. The van der Waals surface area contributed by atoms with Crippen LogP contribution in [0.1, 0.15) is 45.5 Å². The van der Waals surface area contributed by atoms with Crippen LogP contribution in [0.25, 0.3) is 16.9 Å². The molecular weight excluding hydrogens is 534 g/mol. The number of alkyl halides is 3. The van der Waals surface area contributed by atoms with Crippen molar-refractivity contribution in [2.24, 2.45) is 5.92 Å². The summed E-state index contributed by atoms with van der Waals surface area (Å²) in [6.07, 6.45) is -2.26. The molecule has 12 heteroatoms. The summed E-state index contributed by atoms with van der Waals surface area (Å²) in [5.74, 6) is -0.255. The van der Waals surface area contributed by atoms with E-state index in [1.807, 2.05) is 0 Å². The van der Waals surface area contributed by atoms with Crippen LogP contribution in [-0.4, -0.2) is 20.5 Å². The number of nitriles is 1. The number of fused-ring (bicyclic) bond motifs is 2. The molecular formula is C24H16Cl2F3N5OS. The Balaban J connectivity index is 1.55. The minimum atomic E-state index is -4.77. The van der Waals surface area contributed by atoms with E-state index in [0.717, 1.165) is 35.8 Å². The Morgan fingerprint density at radius 1 is 1.25 bits per heavy atom. The predicted octanol–water partition coefficient (Wildman–Crippen LogP) is 7.03. The second kappa shape index (κ2) is 9.07. The molecule has 0 aliphatic heterocycles. The number of halogens is 5. The van der Waals surface area contributed by atoms with Gasteiger partial charge in [0.1, 0.15) is 11.1 Å². The van der Waals surface area contributed by atoms with Crippen molar-refractivity contribution in [1.29, 1.82) is 5.26 Å². The SMILES string of the molecule is C[C@@H]1CCc2c(sc(NC(=O)c3cc4nc(-c5ccc(Cl)c(Cl)c5)cc(C(F)(F)F)n4n3)c2C#N)C1. The second-order valence-electron chi connectivity index (χ2n) is 8.57. The molecule has 1 aliphatic rings. The number of nitrogens with one attached hydrogen (secondary N) is 1. The lowest BCUT2D eigenvalue weighted by molar-refractivity contribution is -0.142. The van der Waals surface area contributed by atoms with E-state index >= 15 is 0 Å². The monoisotopic (exact) mass is 549 g/mol. The Kier molecular flexibility index (Phi) is 6.19. The summed E-state index contributed by atoms with van der Waals surface area (Å²) in [6.45, 7) is 2.13. The highest BCUT2D eigenvalue weighted by Gasteiger charge is 2.36. The van der Waals surface area contributed by atoms with Crippen LogP contribution in [0.5, 0.6) is 0 Å². The van der Waals surface area contributed by atoms with Crippen LogP contribution in [-0.2, 0) is 19.0 Å². The molecule has 0 saturated carbocycles. The van der Waals surface area contributed by atoms with E-state index in [4.69, 9.17) is 23.2 Å². The van der Waals surface area contributed by atoms with Crippen molar-refractivity contribution in [1.82, 2.24) is 14.6 Å². The molecule has 36 heavy (non-hydrogen) atoms. The summed E-state index contributed by atoms with van der Waals surface area (Å²) in [7, 11) is 0. The van der Waals surface area contributed by atoms with Crippen molar-refractivity contribution in [2.75, 3.05) is 5.32 Å². The Morgan fingerprint density at radius 2 is 2.03 bits per heavy atom. The van der Waals surface area contributed by atoms with Gasteiger partial charge >= 0.3 is 6.18 Å². The van der Waals surface area contributed by atoms with E-state index in [-0.39, 0.29) is 27.1 Å². The molecule has 3 heterocycles. The van der Waals surface area contributed by atoms with E-state index in [1.54, 1.807) is 0 Å². The lowest BCUT2D eigenvalue weighted by atomic mass is 9.89. The molecule has 5 rings (SSSR count). The number of anilines is 1. The molecule has 1 amide bonds. The summed E-state index contributed by atoms with van der Waals surface area (Å²) < 4.78 is 42.3. The third-order valence-electron chi connectivity index (χ3n) is 6.02. The van der Waals surface area contributed by atoms with Gasteiger partial charge in [0, 0.05) is 16.5 Å². The molecule has 0 unspecified atom stereocenters. The van der Waals surface area contributed by atoms with E-state index in [9.17, 15) is 23.2 Å². The van der Waals surface area contributed by atoms with Gasteiger partial charge < -0.3 is 5.32 Å². The first-order valence-corrected chi connectivity index (χ1v) is 12.4. The fourth-order valence-electron chi connectivity index (χ4n) is 4.21. The maximum atomic E-state index is 13.9. The average Bonchev–Trinajstić information content (AvgIpc) is 3.39. The lowest BCUT2D eigenvalue weighted by Gasteiger charge is -2.17. The standard InChI is InChI=1S/C24H16Cl2F3N5OS/c1-11-2-4-13-14(10-30)23(36-19(13)6-11)32-22(35)18-9-21-31-17(12-3-5-15(25)16(26)7-12)8-20(24(27,28)29)34(21)33-18/h3,5,7-9,11H,2,4,6H2,1H3,(H,32,35)/t11-/m1/s1. The van der Waals surface area contributed by atoms with Crippen LogP contribution < -0.4 is 5.32 Å². The first-order chi connectivity index (χ1) is 17.0. The number of hydrogen-bond acceptors (Lipinski definition) is 5. The number of thiophene rings is 1. The largest absolute Gasteiger partial charge is 0.433 e. The Morgan fingerprint density at radius 3 is 2.72 bits per heavy atom. The number of hydrogen-bond donors (Lipinski definition) is 1. The Hall–Kier alpha value is -3.13. The molecule has 0 bridgehead atoms. The normalized spacial score (nSPS) is 15.5. The summed E-state index contributed by atoms with van der Waals surface area (Å²) in [6, 6.07) is 8.54. The maximum absolute atomic E-state index is 13.9. The van der Waals surface area contributed by atoms with E-state index in [0.29, 0.717) is 26.6 Å². The van der Waals surface area contributed by atoms with E-state index in [2.05, 4.69) is 28.4 Å². The predicted molar refractivity (Wildman–Crippen MR) is 132 cm³/mol. The smallest absolute Gasteiger partial charge is 0.311 e. The Bertz CT molecular complexity index is 1570. The molecule has 1 aromatic carbocycles. The zero-order chi connectivity index (χ0) is 25.8. The summed E-state index contributed by atoms with van der Waals surface area (Å²) in [4.78, 5) is 18.3. The minimum Gasteiger partial charge on any atom is -0.311 e. The van der Waals surface area contributed by atoms with Gasteiger partial charge in [0.2, 0.25) is 0 Å². The van der Waals surface area contributed by atoms with Gasteiger partial charge in [-0.1, -0.05) is 36.2 Å². The van der Waals surface area contributed by atoms with Crippen LogP contribution in [0, 0.1) is 17.2 Å². The van der Waals surface area contributed by atoms with Gasteiger partial charge in [-0.05, 0) is 48.9 Å². The highest BCUT2D eigenvalue weighted by molar-refractivity contribution is 7.16. The molecule has 1 atom stereocenters. The third kappa shape index (κ3) is 4.43. The molecule has 0 saturated heterocycles. The molecule has 184 valence electrons. The van der Waals surface area contributed by atoms with Gasteiger partial charge in [-0.25, -0.2) is 9.50 Å². The number of carbonyl (C=O) groups excluding carboxylic acids is 1. The first-order valence-electron chi connectivity index (χ1n) is 10.8. The molecule has 0 radical (unpaired) electrons. The van der Waals surface area contributed by atoms with Crippen LogP contribution in [0.15, 0.2) is 30.3 Å². The van der Waals surface area contributed by atoms with Gasteiger partial charge in [0.05, 0.1) is 21.3 Å². The minimum absolute atomic E-state index is 0.00734. The third-order valence-corrected chi connectivity index (χ3v) is 7.92. The quantitative estimate of drug-likeness (QED) is 0.297. The van der Waals surface area contributed by atoms with Gasteiger partial charge in [-0.3, -0.25) is 4.79 Å². The van der Waals surface area contributed by atoms with Gasteiger partial charge in [-0.2, -0.15) is 23.5 Å². The highest BCUT2D eigenvalue weighted by Crippen LogP contribution is 2.39. The highest BCUT2D eigenvalue weighted by atomic mass is 35.5. The Labute approximate surface area is 217 Å². The van der Waals surface area contributed by atoms with Gasteiger partial charge in [0.15, 0.2) is 17.0 Å². The van der Waals surface area contributed by atoms with Crippen LogP contribution in [0.2, 0.25) is 10.0 Å². The molecule has 1 aliphatic carbocycles. The van der Waals surface area contributed by atoms with Crippen molar-refractivity contribution in [2.45, 2.75) is 32.4 Å². The molecule has 0 fully saturated rings. The molecule has 3 aromatic heterocycles. The molecule has 6 nitrogen and oxygen atoms in total. The fourth-order valence-corrected chi connectivity index (χ4v) is 5.87. The zero-order valence-electron chi connectivity index (χ0n) is 18.6. The topological polar surface area (TPSA) is 83.1 Å². The lowest BCUT2D eigenvalue weighted by Crippen LogP contribution is -2.15. The van der Waals surface area contributed by atoms with Crippen molar-refractivity contribution < 1.29 is 18.0 Å². The van der Waals surface area contributed by atoms with Crippen LogP contribution in [0.4, 0.5) is 18.2 Å². The van der Waals surface area contributed by atoms with Crippen molar-refractivity contribution in [3.05, 3.63) is 67.8 Å². The number of rotatable bonds is 3. The number of amides is 1. The summed E-state index contributed by atoms with van der Waals surface area (Å²) in [5.41, 5.74) is 0.103. The number of nitrogens with zero attached hydrogens (tertiary/aromatic N) is 4. The molecule has 0 spiro atoms. The number of aromatic nitrogens is 3. The second-order valence-corrected chi connectivity index (χ2v) is 10.5. The van der Waals surface area contributed by atoms with Crippen molar-refractivity contribution >= 4 is 51.1 Å². The van der Waals surface area contributed by atoms with Gasteiger partial charge in [-0.15, -0.1) is 11.3 Å². The molecule has 4 aromatic rings. The van der Waals surface area contributed by atoms with Crippen molar-refractivity contribution in [3.63, 3.8) is 0 Å². The van der Waals surface area contributed by atoms with Gasteiger partial charge in [0.25, 0.3) is 5.91 Å². The van der Waals surface area contributed by atoms with Crippen molar-refractivity contribution in [3.8, 4) is 17.3 Å². The van der Waals surface area contributed by atoms with E-state index < -0.39 is 17.8 Å². The first kappa shape index (κ1) is 24.6. The average molecular weight is 550 g/mol. The number of benzene rings is 1. The number of carbonyl (C=O) groups is 1. The van der Waals surface area contributed by atoms with Crippen LogP contribution >= 0.6 is 34.5 Å². The molecule has 1 N–H and O–H groups in total.